The molecule has 0 bridgehead atoms. The molecular weight excluding hydrogens is 926 g/mol. The normalized spacial score (nSPS) is 11.4. The Balaban J connectivity index is 0.00000514. The van der Waals surface area contributed by atoms with Gasteiger partial charge in [-0.05, 0) is 106 Å². The SMILES string of the molecule is CCc1cc(-n2c(-c3cc(C)cc(C)c3O)nc3c(-c4[c-]c(-c5cc(-c6ccc(-c7ccccc7)cc6)ccn5)cc(C(C)(C)C)c4)cccc32)ccc1-c1ccccc1.[Pt]. The second-order valence-corrected chi connectivity index (χ2v) is 16.8. The first kappa shape index (κ1) is 41.4. The summed E-state index contributed by atoms with van der Waals surface area (Å²) in [6, 6.07) is 59.4. The predicted octanol–water partition coefficient (Wildman–Crippen LogP) is 14.4. The summed E-state index contributed by atoms with van der Waals surface area (Å²) in [6.45, 7) is 13.0. The molecule has 0 aliphatic heterocycles. The van der Waals surface area contributed by atoms with Crippen molar-refractivity contribution in [1.82, 2.24) is 14.5 Å². The van der Waals surface area contributed by atoms with Gasteiger partial charge in [-0.15, -0.1) is 29.3 Å². The van der Waals surface area contributed by atoms with E-state index in [1.54, 1.807) is 0 Å². The van der Waals surface area contributed by atoms with Crippen LogP contribution < -0.4 is 0 Å². The molecule has 0 unspecified atom stereocenters. The molecule has 0 saturated heterocycles. The van der Waals surface area contributed by atoms with Crippen molar-refractivity contribution in [3.63, 3.8) is 0 Å². The van der Waals surface area contributed by atoms with Crippen molar-refractivity contribution in [3.8, 4) is 78.6 Å². The van der Waals surface area contributed by atoms with Gasteiger partial charge < -0.3 is 5.11 Å². The number of hydrogen-bond donors (Lipinski definition) is 1. The fourth-order valence-electron chi connectivity index (χ4n) is 8.33. The smallest absolute Gasteiger partial charge is 0.148 e. The van der Waals surface area contributed by atoms with Crippen LogP contribution in [-0.4, -0.2) is 19.6 Å². The molecule has 0 atom stereocenters. The van der Waals surface area contributed by atoms with Gasteiger partial charge in [-0.25, -0.2) is 4.98 Å². The fraction of sp³-hybridized carbons (Fsp3) is 0.143. The van der Waals surface area contributed by atoms with Gasteiger partial charge in [0, 0.05) is 38.6 Å². The zero-order valence-corrected chi connectivity index (χ0v) is 37.7. The van der Waals surface area contributed by atoms with E-state index in [-0.39, 0.29) is 32.2 Å². The van der Waals surface area contributed by atoms with Gasteiger partial charge in [-0.3, -0.25) is 9.55 Å². The van der Waals surface area contributed by atoms with E-state index in [2.05, 4.69) is 185 Å². The average Bonchev–Trinajstić information content (AvgIpc) is 3.67. The summed E-state index contributed by atoms with van der Waals surface area (Å²) < 4.78 is 2.21. The van der Waals surface area contributed by atoms with Crippen LogP contribution in [0.15, 0.2) is 164 Å². The number of rotatable bonds is 8. The molecular formula is C56H48N3OPt-. The molecule has 0 spiro atoms. The number of para-hydroxylation sites is 1. The first-order valence-corrected chi connectivity index (χ1v) is 20.8. The number of aromatic hydroxyl groups is 1. The van der Waals surface area contributed by atoms with Gasteiger partial charge in [0.15, 0.2) is 0 Å². The summed E-state index contributed by atoms with van der Waals surface area (Å²) in [7, 11) is 0. The minimum atomic E-state index is -0.149. The van der Waals surface area contributed by atoms with E-state index in [9.17, 15) is 5.11 Å². The summed E-state index contributed by atoms with van der Waals surface area (Å²) in [5, 5.41) is 11.6. The molecule has 2 aromatic heterocycles. The predicted molar refractivity (Wildman–Crippen MR) is 250 cm³/mol. The third-order valence-electron chi connectivity index (χ3n) is 11.6. The Hall–Kier alpha value is -6.35. The number of aromatic nitrogens is 3. The van der Waals surface area contributed by atoms with Crippen LogP contribution in [0.4, 0.5) is 0 Å². The van der Waals surface area contributed by atoms with Crippen molar-refractivity contribution in [3.05, 3.63) is 192 Å². The topological polar surface area (TPSA) is 50.9 Å². The molecule has 9 aromatic rings. The molecule has 5 heteroatoms. The van der Waals surface area contributed by atoms with E-state index in [4.69, 9.17) is 9.97 Å². The molecule has 0 amide bonds. The van der Waals surface area contributed by atoms with Crippen molar-refractivity contribution >= 4 is 11.0 Å². The van der Waals surface area contributed by atoms with Gasteiger partial charge in [0.05, 0.1) is 16.6 Å². The van der Waals surface area contributed by atoms with Gasteiger partial charge in [0.2, 0.25) is 0 Å². The fourth-order valence-corrected chi connectivity index (χ4v) is 8.33. The molecule has 0 radical (unpaired) electrons. The summed E-state index contributed by atoms with van der Waals surface area (Å²) in [5.74, 6) is 0.927. The molecule has 304 valence electrons. The molecule has 0 fully saturated rings. The van der Waals surface area contributed by atoms with Crippen molar-refractivity contribution in [2.45, 2.75) is 53.4 Å². The Morgan fingerprint density at radius 3 is 1.95 bits per heavy atom. The Morgan fingerprint density at radius 2 is 1.26 bits per heavy atom. The van der Waals surface area contributed by atoms with Crippen LogP contribution in [0.3, 0.4) is 0 Å². The Labute approximate surface area is 373 Å². The van der Waals surface area contributed by atoms with E-state index in [0.29, 0.717) is 11.4 Å². The van der Waals surface area contributed by atoms with E-state index in [0.717, 1.165) is 67.8 Å². The number of imidazole rings is 1. The summed E-state index contributed by atoms with van der Waals surface area (Å²) in [5.41, 5.74) is 18.3. The summed E-state index contributed by atoms with van der Waals surface area (Å²) >= 11 is 0. The number of pyridine rings is 1. The second kappa shape index (κ2) is 17.0. The largest absolute Gasteiger partial charge is 0.507 e. The van der Waals surface area contributed by atoms with Crippen LogP contribution in [0.25, 0.3) is 83.9 Å². The Bertz CT molecular complexity index is 3020. The Kier molecular flexibility index (Phi) is 11.5. The number of phenolic OH excluding ortho intramolecular Hbond substituents is 1. The maximum atomic E-state index is 11.6. The first-order chi connectivity index (χ1) is 29.1. The number of aryl methyl sites for hydroxylation is 3. The Morgan fingerprint density at radius 1 is 0.607 bits per heavy atom. The maximum absolute atomic E-state index is 11.6. The van der Waals surface area contributed by atoms with Crippen LogP contribution in [0.1, 0.15) is 49.9 Å². The molecule has 0 saturated carbocycles. The van der Waals surface area contributed by atoms with E-state index >= 15 is 0 Å². The van der Waals surface area contributed by atoms with Crippen molar-refractivity contribution in [2.24, 2.45) is 0 Å². The van der Waals surface area contributed by atoms with Crippen molar-refractivity contribution in [2.75, 3.05) is 0 Å². The zero-order chi connectivity index (χ0) is 41.5. The van der Waals surface area contributed by atoms with E-state index in [1.807, 2.05) is 31.3 Å². The third kappa shape index (κ3) is 8.13. The number of benzene rings is 7. The molecule has 0 aliphatic rings. The minimum absolute atomic E-state index is 0. The average molecular weight is 974 g/mol. The van der Waals surface area contributed by atoms with Crippen LogP contribution in [0.2, 0.25) is 0 Å². The van der Waals surface area contributed by atoms with E-state index < -0.39 is 0 Å². The van der Waals surface area contributed by atoms with E-state index in [1.165, 1.54) is 33.4 Å². The number of phenols is 1. The molecule has 7 aromatic carbocycles. The van der Waals surface area contributed by atoms with Gasteiger partial charge in [0.25, 0.3) is 0 Å². The molecule has 1 N–H and O–H groups in total. The third-order valence-corrected chi connectivity index (χ3v) is 11.6. The van der Waals surface area contributed by atoms with Gasteiger partial charge >= 0.3 is 0 Å². The van der Waals surface area contributed by atoms with Crippen LogP contribution in [0.5, 0.6) is 5.75 Å². The monoisotopic (exact) mass is 973 g/mol. The second-order valence-electron chi connectivity index (χ2n) is 16.8. The zero-order valence-electron chi connectivity index (χ0n) is 35.4. The standard InChI is InChI=1S/C56H48N3O.Pt/c1-7-38-34-47(25-26-48(38)42-17-12-9-13-18-42)59-52-20-14-19-49(53(52)58-55(59)50-30-36(2)29-37(3)54(50)60)44-31-45(33-46(32-44)56(4,5)6)51-35-43(27-28-57-51)41-23-21-40(22-24-41)39-15-10-8-11-16-39;/h8-30,32-35,60H,7H2,1-6H3;/q-1;. The molecule has 61 heavy (non-hydrogen) atoms. The molecule has 9 rings (SSSR count). The molecule has 2 heterocycles. The number of hydrogen-bond acceptors (Lipinski definition) is 3. The first-order valence-electron chi connectivity index (χ1n) is 20.8. The van der Waals surface area contributed by atoms with Crippen LogP contribution in [0, 0.1) is 19.9 Å². The minimum Gasteiger partial charge on any atom is -0.507 e. The number of nitrogens with zero attached hydrogens (tertiary/aromatic N) is 3. The quantitative estimate of drug-likeness (QED) is 0.154. The maximum Gasteiger partial charge on any atom is 0.148 e. The van der Waals surface area contributed by atoms with Crippen molar-refractivity contribution in [1.29, 1.82) is 0 Å². The van der Waals surface area contributed by atoms with Gasteiger partial charge in [0.1, 0.15) is 11.6 Å². The van der Waals surface area contributed by atoms with Crippen LogP contribution in [-0.2, 0) is 32.9 Å². The number of fused-ring (bicyclic) bond motifs is 1. The van der Waals surface area contributed by atoms with Crippen LogP contribution >= 0.6 is 0 Å². The van der Waals surface area contributed by atoms with Crippen molar-refractivity contribution < 1.29 is 26.2 Å². The molecule has 0 aliphatic carbocycles. The van der Waals surface area contributed by atoms with Gasteiger partial charge in [-0.2, -0.15) is 0 Å². The summed E-state index contributed by atoms with van der Waals surface area (Å²) in [6.07, 6.45) is 2.76. The van der Waals surface area contributed by atoms with Gasteiger partial charge in [-0.1, -0.05) is 154 Å². The summed E-state index contributed by atoms with van der Waals surface area (Å²) in [4.78, 5) is 10.4. The molecule has 4 nitrogen and oxygen atoms in total.